The van der Waals surface area contributed by atoms with Crippen LogP contribution in [0.2, 0.25) is 0 Å². The van der Waals surface area contributed by atoms with Crippen molar-refractivity contribution in [2.75, 3.05) is 11.0 Å². The minimum Gasteiger partial charge on any atom is -0.361 e. The Labute approximate surface area is 95.9 Å². The SMILES string of the molecule is CS(=O)(=O)Nc1cc(Br)cc2[nH]ccc12. The molecule has 0 atom stereocenters. The molecule has 1 aromatic carbocycles. The van der Waals surface area contributed by atoms with E-state index in [1.165, 1.54) is 0 Å². The Morgan fingerprint density at radius 1 is 1.40 bits per heavy atom. The first-order valence-electron chi connectivity index (χ1n) is 4.20. The minimum atomic E-state index is -3.25. The highest BCUT2D eigenvalue weighted by atomic mass is 79.9. The van der Waals surface area contributed by atoms with Crippen molar-refractivity contribution in [3.63, 3.8) is 0 Å². The van der Waals surface area contributed by atoms with E-state index in [-0.39, 0.29) is 0 Å². The Morgan fingerprint density at radius 2 is 2.13 bits per heavy atom. The van der Waals surface area contributed by atoms with Gasteiger partial charge in [0.15, 0.2) is 0 Å². The molecule has 0 saturated carbocycles. The number of sulfonamides is 1. The third-order valence-electron chi connectivity index (χ3n) is 1.93. The van der Waals surface area contributed by atoms with E-state index < -0.39 is 10.0 Å². The van der Waals surface area contributed by atoms with Crippen LogP contribution in [0.15, 0.2) is 28.9 Å². The Morgan fingerprint density at radius 3 is 2.80 bits per heavy atom. The van der Waals surface area contributed by atoms with E-state index in [1.54, 1.807) is 12.3 Å². The molecule has 0 saturated heterocycles. The van der Waals surface area contributed by atoms with Gasteiger partial charge < -0.3 is 4.98 Å². The number of aromatic amines is 1. The van der Waals surface area contributed by atoms with E-state index in [0.717, 1.165) is 21.6 Å². The van der Waals surface area contributed by atoms with Gasteiger partial charge in [-0.1, -0.05) is 15.9 Å². The zero-order chi connectivity index (χ0) is 11.1. The summed E-state index contributed by atoms with van der Waals surface area (Å²) in [5.41, 5.74) is 1.46. The first-order valence-corrected chi connectivity index (χ1v) is 6.88. The van der Waals surface area contributed by atoms with E-state index >= 15 is 0 Å². The molecular formula is C9H9BrN2O2S. The molecule has 2 rings (SSSR count). The second-order valence-electron chi connectivity index (χ2n) is 3.27. The van der Waals surface area contributed by atoms with Crippen LogP contribution in [-0.4, -0.2) is 19.7 Å². The molecule has 1 aromatic heterocycles. The van der Waals surface area contributed by atoms with Crippen LogP contribution in [0.25, 0.3) is 10.9 Å². The number of hydrogen-bond acceptors (Lipinski definition) is 2. The Balaban J connectivity index is 2.63. The molecule has 0 amide bonds. The summed E-state index contributed by atoms with van der Waals surface area (Å²) < 4.78 is 25.6. The highest BCUT2D eigenvalue weighted by Crippen LogP contribution is 2.27. The Bertz CT molecular complexity index is 604. The van der Waals surface area contributed by atoms with Crippen LogP contribution in [0.5, 0.6) is 0 Å². The molecule has 0 spiro atoms. The predicted octanol–water partition coefficient (Wildman–Crippen LogP) is 2.30. The lowest BCUT2D eigenvalue weighted by Crippen LogP contribution is -2.09. The average molecular weight is 289 g/mol. The molecule has 0 bridgehead atoms. The molecule has 2 N–H and O–H groups in total. The smallest absolute Gasteiger partial charge is 0.229 e. The standard InChI is InChI=1S/C9H9BrN2O2S/c1-15(13,14)12-9-5-6(10)4-8-7(9)2-3-11-8/h2-5,11-12H,1H3. The van der Waals surface area contributed by atoms with Gasteiger partial charge in [0.25, 0.3) is 0 Å². The second kappa shape index (κ2) is 3.53. The van der Waals surface area contributed by atoms with Crippen molar-refractivity contribution >= 4 is 42.5 Å². The van der Waals surface area contributed by atoms with Crippen LogP contribution in [0.4, 0.5) is 5.69 Å². The van der Waals surface area contributed by atoms with Gasteiger partial charge >= 0.3 is 0 Å². The van der Waals surface area contributed by atoms with Gasteiger partial charge in [-0.25, -0.2) is 8.42 Å². The molecule has 0 aliphatic heterocycles. The van der Waals surface area contributed by atoms with Crippen molar-refractivity contribution in [3.05, 3.63) is 28.9 Å². The van der Waals surface area contributed by atoms with Crippen LogP contribution in [0.3, 0.4) is 0 Å². The first-order chi connectivity index (χ1) is 6.96. The van der Waals surface area contributed by atoms with E-state index in [0.29, 0.717) is 5.69 Å². The van der Waals surface area contributed by atoms with Gasteiger partial charge in [-0.2, -0.15) is 0 Å². The van der Waals surface area contributed by atoms with Gasteiger partial charge in [-0.3, -0.25) is 4.72 Å². The van der Waals surface area contributed by atoms with Crippen molar-refractivity contribution in [2.24, 2.45) is 0 Å². The van der Waals surface area contributed by atoms with Crippen molar-refractivity contribution < 1.29 is 8.42 Å². The van der Waals surface area contributed by atoms with E-state index in [1.807, 2.05) is 12.1 Å². The normalized spacial score (nSPS) is 11.9. The fourth-order valence-electron chi connectivity index (χ4n) is 1.42. The summed E-state index contributed by atoms with van der Waals surface area (Å²) in [6.45, 7) is 0. The van der Waals surface area contributed by atoms with Crippen LogP contribution in [0, 0.1) is 0 Å². The fraction of sp³-hybridized carbons (Fsp3) is 0.111. The molecule has 0 aliphatic rings. The maximum atomic E-state index is 11.1. The van der Waals surface area contributed by atoms with Crippen LogP contribution in [0.1, 0.15) is 0 Å². The zero-order valence-electron chi connectivity index (χ0n) is 7.91. The minimum absolute atomic E-state index is 0.572. The summed E-state index contributed by atoms with van der Waals surface area (Å²) in [6.07, 6.45) is 2.90. The van der Waals surface area contributed by atoms with Crippen molar-refractivity contribution in [2.45, 2.75) is 0 Å². The number of rotatable bonds is 2. The quantitative estimate of drug-likeness (QED) is 0.891. The van der Waals surface area contributed by atoms with Gasteiger partial charge in [0.05, 0.1) is 11.9 Å². The summed E-state index contributed by atoms with van der Waals surface area (Å²) >= 11 is 3.32. The molecule has 80 valence electrons. The molecule has 2 aromatic rings. The van der Waals surface area contributed by atoms with Gasteiger partial charge in [-0.05, 0) is 18.2 Å². The van der Waals surface area contributed by atoms with Crippen LogP contribution < -0.4 is 4.72 Å². The summed E-state index contributed by atoms with van der Waals surface area (Å²) in [6, 6.07) is 5.45. The molecule has 4 nitrogen and oxygen atoms in total. The van der Waals surface area contributed by atoms with Gasteiger partial charge in [0.1, 0.15) is 0 Å². The largest absolute Gasteiger partial charge is 0.361 e. The maximum absolute atomic E-state index is 11.1. The number of benzene rings is 1. The fourth-order valence-corrected chi connectivity index (χ4v) is 2.44. The maximum Gasteiger partial charge on any atom is 0.229 e. The third kappa shape index (κ3) is 2.32. The molecule has 0 aliphatic carbocycles. The number of nitrogens with one attached hydrogen (secondary N) is 2. The van der Waals surface area contributed by atoms with Gasteiger partial charge in [-0.15, -0.1) is 0 Å². The number of H-pyrrole nitrogens is 1. The van der Waals surface area contributed by atoms with Crippen molar-refractivity contribution in [1.82, 2.24) is 4.98 Å². The van der Waals surface area contributed by atoms with Crippen molar-refractivity contribution in [1.29, 1.82) is 0 Å². The highest BCUT2D eigenvalue weighted by Gasteiger charge is 2.07. The Kier molecular flexibility index (Phi) is 2.47. The van der Waals surface area contributed by atoms with Crippen LogP contribution in [-0.2, 0) is 10.0 Å². The van der Waals surface area contributed by atoms with E-state index in [4.69, 9.17) is 0 Å². The zero-order valence-corrected chi connectivity index (χ0v) is 10.3. The van der Waals surface area contributed by atoms with E-state index in [2.05, 4.69) is 25.6 Å². The Hall–Kier alpha value is -1.01. The average Bonchev–Trinajstić information content (AvgIpc) is 2.48. The summed E-state index contributed by atoms with van der Waals surface area (Å²) in [5.74, 6) is 0. The monoisotopic (exact) mass is 288 g/mol. The first kappa shape index (κ1) is 10.5. The summed E-state index contributed by atoms with van der Waals surface area (Å²) in [7, 11) is -3.25. The van der Waals surface area contributed by atoms with E-state index in [9.17, 15) is 8.42 Å². The van der Waals surface area contributed by atoms with Crippen LogP contribution >= 0.6 is 15.9 Å². The van der Waals surface area contributed by atoms with Gasteiger partial charge in [0.2, 0.25) is 10.0 Å². The molecule has 6 heteroatoms. The lowest BCUT2D eigenvalue weighted by atomic mass is 10.2. The lowest BCUT2D eigenvalue weighted by Gasteiger charge is -2.06. The number of hydrogen-bond donors (Lipinski definition) is 2. The summed E-state index contributed by atoms with van der Waals surface area (Å²) in [4.78, 5) is 3.02. The molecule has 0 fully saturated rings. The molecule has 0 unspecified atom stereocenters. The topological polar surface area (TPSA) is 62.0 Å². The molecular weight excluding hydrogens is 280 g/mol. The lowest BCUT2D eigenvalue weighted by molar-refractivity contribution is 0.607. The molecule has 1 heterocycles. The molecule has 0 radical (unpaired) electrons. The number of anilines is 1. The third-order valence-corrected chi connectivity index (χ3v) is 2.98. The number of halogens is 1. The number of aromatic nitrogens is 1. The van der Waals surface area contributed by atoms with Crippen molar-refractivity contribution in [3.8, 4) is 0 Å². The van der Waals surface area contributed by atoms with Gasteiger partial charge in [0, 0.05) is 21.6 Å². The summed E-state index contributed by atoms with van der Waals surface area (Å²) in [5, 5.41) is 0.851. The second-order valence-corrected chi connectivity index (χ2v) is 5.93. The predicted molar refractivity (Wildman–Crippen MR) is 64.5 cm³/mol. The molecule has 15 heavy (non-hydrogen) atoms. The highest BCUT2D eigenvalue weighted by molar-refractivity contribution is 9.10. The number of fused-ring (bicyclic) bond motifs is 1.